The van der Waals surface area contributed by atoms with Crippen LogP contribution in [0.3, 0.4) is 0 Å². The molecule has 1 aromatic carbocycles. The van der Waals surface area contributed by atoms with E-state index in [-0.39, 0.29) is 17.9 Å². The highest BCUT2D eigenvalue weighted by atomic mass is 16.1. The number of hydrogen-bond acceptors (Lipinski definition) is 2. The average Bonchev–Trinajstić information content (AvgIpc) is 2.99. The topological polar surface area (TPSA) is 56.9 Å². The first kappa shape index (κ1) is 14.5. The Kier molecular flexibility index (Phi) is 3.49. The number of hydrogen-bond donors (Lipinski definition) is 3. The number of carbonyl (C=O) groups is 1. The lowest BCUT2D eigenvalue weighted by atomic mass is 9.80. The van der Waals surface area contributed by atoms with Gasteiger partial charge in [-0.3, -0.25) is 4.79 Å². The van der Waals surface area contributed by atoms with Gasteiger partial charge in [-0.2, -0.15) is 0 Å². The largest absolute Gasteiger partial charge is 0.361 e. The van der Waals surface area contributed by atoms with Gasteiger partial charge in [-0.05, 0) is 42.5 Å². The number of rotatable bonds is 3. The molecular formula is C19H23N3O. The lowest BCUT2D eigenvalue weighted by Gasteiger charge is -2.33. The summed E-state index contributed by atoms with van der Waals surface area (Å²) in [5.74, 6) is 0.0378. The van der Waals surface area contributed by atoms with Crippen LogP contribution in [0.15, 0.2) is 30.5 Å². The summed E-state index contributed by atoms with van der Waals surface area (Å²) >= 11 is 0. The Hall–Kier alpha value is -2.07. The molecule has 0 saturated heterocycles. The smallest absolute Gasteiger partial charge is 0.228 e. The number of amides is 1. The highest BCUT2D eigenvalue weighted by Gasteiger charge is 2.32. The molecule has 23 heavy (non-hydrogen) atoms. The van der Waals surface area contributed by atoms with Crippen LogP contribution in [0, 0.1) is 5.92 Å². The van der Waals surface area contributed by atoms with Crippen molar-refractivity contribution in [1.82, 2.24) is 15.6 Å². The van der Waals surface area contributed by atoms with Crippen molar-refractivity contribution in [3.8, 4) is 0 Å². The molecular weight excluding hydrogens is 286 g/mol. The molecule has 2 aliphatic rings. The minimum atomic E-state index is -0.0917. The summed E-state index contributed by atoms with van der Waals surface area (Å²) in [6.45, 7) is 4.86. The van der Waals surface area contributed by atoms with Crippen LogP contribution in [-0.2, 0) is 11.2 Å². The van der Waals surface area contributed by atoms with Gasteiger partial charge in [-0.25, -0.2) is 0 Å². The molecule has 0 radical (unpaired) electrons. The van der Waals surface area contributed by atoms with Gasteiger partial charge < -0.3 is 15.6 Å². The van der Waals surface area contributed by atoms with Crippen molar-refractivity contribution < 1.29 is 4.79 Å². The van der Waals surface area contributed by atoms with E-state index in [0.717, 1.165) is 12.8 Å². The second kappa shape index (κ2) is 5.53. The van der Waals surface area contributed by atoms with Crippen LogP contribution < -0.4 is 10.6 Å². The molecule has 1 aromatic heterocycles. The van der Waals surface area contributed by atoms with E-state index in [4.69, 9.17) is 0 Å². The van der Waals surface area contributed by atoms with Crippen LogP contribution in [-0.4, -0.2) is 29.5 Å². The average molecular weight is 309 g/mol. The number of aromatic nitrogens is 1. The number of H-pyrrole nitrogens is 1. The van der Waals surface area contributed by atoms with E-state index < -0.39 is 0 Å². The zero-order chi connectivity index (χ0) is 16.0. The van der Waals surface area contributed by atoms with E-state index in [1.807, 2.05) is 0 Å². The molecule has 1 aliphatic heterocycles. The van der Waals surface area contributed by atoms with Crippen LogP contribution in [0.5, 0.6) is 0 Å². The Bertz CT molecular complexity index is 789. The maximum atomic E-state index is 12.5. The van der Waals surface area contributed by atoms with Crippen molar-refractivity contribution in [2.24, 2.45) is 5.92 Å². The molecule has 3 atom stereocenters. The Morgan fingerprint density at radius 1 is 1.43 bits per heavy atom. The van der Waals surface area contributed by atoms with Gasteiger partial charge >= 0.3 is 0 Å². The quantitative estimate of drug-likeness (QED) is 0.816. The third-order valence-electron chi connectivity index (χ3n) is 5.20. The minimum absolute atomic E-state index is 0.0917. The normalized spacial score (nSPS) is 24.0. The van der Waals surface area contributed by atoms with Gasteiger partial charge in [-0.15, -0.1) is 0 Å². The molecule has 0 bridgehead atoms. The first-order chi connectivity index (χ1) is 11.2. The number of nitrogens with one attached hydrogen (secondary N) is 3. The Labute approximate surface area is 136 Å². The molecule has 1 aliphatic carbocycles. The summed E-state index contributed by atoms with van der Waals surface area (Å²) in [6.07, 6.45) is 6.25. The SMILES string of the molecule is CC[C@@H](C)NC(=O)[C@H]1C=C2c3cccc4[nH]cc(c34)C[C@H]2NC1. The predicted octanol–water partition coefficient (Wildman–Crippen LogP) is 2.61. The minimum Gasteiger partial charge on any atom is -0.361 e. The van der Waals surface area contributed by atoms with Gasteiger partial charge in [0.05, 0.1) is 5.92 Å². The van der Waals surface area contributed by atoms with Crippen molar-refractivity contribution in [3.63, 3.8) is 0 Å². The van der Waals surface area contributed by atoms with Crippen molar-refractivity contribution in [3.05, 3.63) is 41.6 Å². The summed E-state index contributed by atoms with van der Waals surface area (Å²) in [5.41, 5.74) is 5.09. The molecule has 4 heteroatoms. The fraction of sp³-hybridized carbons (Fsp3) is 0.421. The second-order valence-corrected chi connectivity index (χ2v) is 6.75. The van der Waals surface area contributed by atoms with Crippen LogP contribution in [0.4, 0.5) is 0 Å². The van der Waals surface area contributed by atoms with E-state index in [1.54, 1.807) is 0 Å². The van der Waals surface area contributed by atoms with Crippen molar-refractivity contribution in [2.45, 2.75) is 38.8 Å². The highest BCUT2D eigenvalue weighted by molar-refractivity contribution is 5.99. The van der Waals surface area contributed by atoms with Crippen molar-refractivity contribution >= 4 is 22.4 Å². The van der Waals surface area contributed by atoms with E-state index in [2.05, 4.69) is 59.9 Å². The van der Waals surface area contributed by atoms with Gasteiger partial charge in [0.15, 0.2) is 0 Å². The predicted molar refractivity (Wildman–Crippen MR) is 93.2 cm³/mol. The third-order valence-corrected chi connectivity index (χ3v) is 5.20. The maximum absolute atomic E-state index is 12.5. The van der Waals surface area contributed by atoms with Gasteiger partial charge in [-0.1, -0.05) is 25.1 Å². The molecule has 4 rings (SSSR count). The fourth-order valence-electron chi connectivity index (χ4n) is 3.73. The molecule has 0 saturated carbocycles. The summed E-state index contributed by atoms with van der Waals surface area (Å²) in [4.78, 5) is 15.8. The molecule has 0 spiro atoms. The third kappa shape index (κ3) is 2.38. The molecule has 120 valence electrons. The summed E-state index contributed by atoms with van der Waals surface area (Å²) in [6, 6.07) is 6.92. The monoisotopic (exact) mass is 309 g/mol. The van der Waals surface area contributed by atoms with E-state index >= 15 is 0 Å². The molecule has 1 amide bonds. The van der Waals surface area contributed by atoms with Crippen LogP contribution in [0.2, 0.25) is 0 Å². The summed E-state index contributed by atoms with van der Waals surface area (Å²) in [5, 5.41) is 8.00. The Balaban J connectivity index is 1.71. The molecule has 4 nitrogen and oxygen atoms in total. The summed E-state index contributed by atoms with van der Waals surface area (Å²) < 4.78 is 0. The molecule has 2 aromatic rings. The molecule has 2 heterocycles. The number of fused-ring (bicyclic) bond motifs is 2. The van der Waals surface area contributed by atoms with E-state index in [9.17, 15) is 4.79 Å². The highest BCUT2D eigenvalue weighted by Crippen LogP contribution is 2.38. The number of carbonyl (C=O) groups excluding carboxylic acids is 1. The first-order valence-corrected chi connectivity index (χ1v) is 8.52. The summed E-state index contributed by atoms with van der Waals surface area (Å²) in [7, 11) is 0. The fourth-order valence-corrected chi connectivity index (χ4v) is 3.73. The van der Waals surface area contributed by atoms with Gasteiger partial charge in [0.25, 0.3) is 0 Å². The number of aromatic amines is 1. The Morgan fingerprint density at radius 2 is 2.30 bits per heavy atom. The van der Waals surface area contributed by atoms with E-state index in [1.165, 1.54) is 27.6 Å². The van der Waals surface area contributed by atoms with Crippen LogP contribution >= 0.6 is 0 Å². The lowest BCUT2D eigenvalue weighted by molar-refractivity contribution is -0.124. The van der Waals surface area contributed by atoms with Gasteiger partial charge in [0.2, 0.25) is 5.91 Å². The zero-order valence-electron chi connectivity index (χ0n) is 13.6. The van der Waals surface area contributed by atoms with E-state index in [0.29, 0.717) is 12.6 Å². The van der Waals surface area contributed by atoms with Crippen LogP contribution in [0.1, 0.15) is 31.4 Å². The van der Waals surface area contributed by atoms with Gasteiger partial charge in [0, 0.05) is 35.7 Å². The standard InChI is InChI=1S/C19H23N3O/c1-3-11(2)22-19(23)13-7-15-14-5-4-6-16-18(14)12(9-20-16)8-17(15)21-10-13/h4-7,9,11,13,17,20-21H,3,8,10H2,1-2H3,(H,22,23)/t11-,13+,17-/m1/s1. The zero-order valence-corrected chi connectivity index (χ0v) is 13.6. The van der Waals surface area contributed by atoms with Crippen molar-refractivity contribution in [1.29, 1.82) is 0 Å². The molecule has 3 N–H and O–H groups in total. The molecule has 0 fully saturated rings. The first-order valence-electron chi connectivity index (χ1n) is 8.52. The van der Waals surface area contributed by atoms with Gasteiger partial charge in [0.1, 0.15) is 0 Å². The van der Waals surface area contributed by atoms with Crippen LogP contribution in [0.25, 0.3) is 16.5 Å². The number of benzene rings is 1. The Morgan fingerprint density at radius 3 is 3.13 bits per heavy atom. The second-order valence-electron chi connectivity index (χ2n) is 6.75. The van der Waals surface area contributed by atoms with Crippen molar-refractivity contribution in [2.75, 3.05) is 6.54 Å². The lowest BCUT2D eigenvalue weighted by Crippen LogP contribution is -2.47. The maximum Gasteiger partial charge on any atom is 0.228 e. The molecule has 0 unspecified atom stereocenters.